The summed E-state index contributed by atoms with van der Waals surface area (Å²) in [6.45, 7) is 0.0317. The van der Waals surface area contributed by atoms with Crippen LogP contribution in [0.2, 0.25) is 0 Å². The number of nitrogens with one attached hydrogen (secondary N) is 1. The number of carbonyl (C=O) groups is 1. The lowest BCUT2D eigenvalue weighted by Gasteiger charge is -2.08. The van der Waals surface area contributed by atoms with Crippen LogP contribution in [0.15, 0.2) is 18.2 Å². The predicted molar refractivity (Wildman–Crippen MR) is 79.1 cm³/mol. The van der Waals surface area contributed by atoms with Crippen LogP contribution < -0.4 is 15.8 Å². The zero-order valence-corrected chi connectivity index (χ0v) is 12.6. The summed E-state index contributed by atoms with van der Waals surface area (Å²) < 4.78 is 27.8. The first-order chi connectivity index (χ1) is 9.39. The number of anilines is 1. The molecule has 6 nitrogen and oxygen atoms in total. The van der Waals surface area contributed by atoms with Gasteiger partial charge in [-0.3, -0.25) is 4.79 Å². The van der Waals surface area contributed by atoms with Crippen molar-refractivity contribution in [3.05, 3.63) is 23.8 Å². The molecule has 0 aliphatic carbocycles. The summed E-state index contributed by atoms with van der Waals surface area (Å²) >= 11 is 5.38. The number of alkyl halides is 1. The summed E-state index contributed by atoms with van der Waals surface area (Å²) in [4.78, 5) is 11.8. The molecular weight excluding hydrogens is 304 g/mol. The van der Waals surface area contributed by atoms with Gasteiger partial charge in [0.25, 0.3) is 5.91 Å². The maximum Gasteiger partial charge on any atom is 0.251 e. The molecule has 1 aromatic rings. The van der Waals surface area contributed by atoms with Crippen LogP contribution in [0.4, 0.5) is 5.69 Å². The summed E-state index contributed by atoms with van der Waals surface area (Å²) in [5, 5.41) is 2.52. The molecule has 1 aromatic carbocycles. The molecule has 0 unspecified atom stereocenters. The quantitative estimate of drug-likeness (QED) is 0.568. The number of hydrogen-bond donors (Lipinski definition) is 2. The molecule has 0 saturated heterocycles. The van der Waals surface area contributed by atoms with E-state index >= 15 is 0 Å². The Hall–Kier alpha value is -1.47. The molecule has 0 radical (unpaired) electrons. The molecule has 20 heavy (non-hydrogen) atoms. The first-order valence-electron chi connectivity index (χ1n) is 5.87. The SMILES string of the molecule is COc1ccc(C(=O)NCCS(=O)(=O)CCCl)cc1N. The van der Waals surface area contributed by atoms with Gasteiger partial charge in [-0.1, -0.05) is 0 Å². The molecule has 112 valence electrons. The van der Waals surface area contributed by atoms with E-state index in [2.05, 4.69) is 5.32 Å². The van der Waals surface area contributed by atoms with Gasteiger partial charge in [0.05, 0.1) is 24.3 Å². The molecule has 0 atom stereocenters. The molecule has 0 aromatic heterocycles. The average Bonchev–Trinajstić information content (AvgIpc) is 2.38. The van der Waals surface area contributed by atoms with Gasteiger partial charge in [0.15, 0.2) is 9.84 Å². The van der Waals surface area contributed by atoms with Crippen molar-refractivity contribution in [2.75, 3.05) is 36.8 Å². The minimum Gasteiger partial charge on any atom is -0.495 e. The number of hydrogen-bond acceptors (Lipinski definition) is 5. The van der Waals surface area contributed by atoms with E-state index < -0.39 is 9.84 Å². The standard InChI is InChI=1S/C12H17ClN2O4S/c1-19-11-3-2-9(8-10(11)14)12(16)15-5-7-20(17,18)6-4-13/h2-3,8H,4-7,14H2,1H3,(H,15,16). The fraction of sp³-hybridized carbons (Fsp3) is 0.417. The van der Waals surface area contributed by atoms with E-state index in [-0.39, 0.29) is 29.8 Å². The number of methoxy groups -OCH3 is 1. The predicted octanol–water partition coefficient (Wildman–Crippen LogP) is 0.661. The van der Waals surface area contributed by atoms with Gasteiger partial charge >= 0.3 is 0 Å². The van der Waals surface area contributed by atoms with E-state index in [9.17, 15) is 13.2 Å². The molecule has 0 saturated carbocycles. The van der Waals surface area contributed by atoms with Gasteiger partial charge in [-0.05, 0) is 18.2 Å². The first kappa shape index (κ1) is 16.6. The lowest BCUT2D eigenvalue weighted by atomic mass is 10.2. The largest absolute Gasteiger partial charge is 0.495 e. The summed E-state index contributed by atoms with van der Waals surface area (Å²) in [5.41, 5.74) is 6.38. The second kappa shape index (κ2) is 7.35. The average molecular weight is 321 g/mol. The number of rotatable bonds is 7. The van der Waals surface area contributed by atoms with Crippen LogP contribution in [0.1, 0.15) is 10.4 Å². The molecule has 0 aliphatic heterocycles. The van der Waals surface area contributed by atoms with E-state index in [0.29, 0.717) is 17.0 Å². The number of ether oxygens (including phenoxy) is 1. The van der Waals surface area contributed by atoms with Crippen LogP contribution in [0, 0.1) is 0 Å². The maximum absolute atomic E-state index is 11.8. The second-order valence-corrected chi connectivity index (χ2v) is 6.74. The van der Waals surface area contributed by atoms with Crippen molar-refractivity contribution in [3.8, 4) is 5.75 Å². The highest BCUT2D eigenvalue weighted by atomic mass is 35.5. The number of carbonyl (C=O) groups excluding carboxylic acids is 1. The van der Waals surface area contributed by atoms with Gasteiger partial charge in [0.2, 0.25) is 0 Å². The van der Waals surface area contributed by atoms with Gasteiger partial charge in [0.1, 0.15) is 5.75 Å². The molecule has 8 heteroatoms. The third-order valence-electron chi connectivity index (χ3n) is 2.58. The maximum atomic E-state index is 11.8. The van der Waals surface area contributed by atoms with Crippen LogP contribution in [0.3, 0.4) is 0 Å². The number of nitrogen functional groups attached to an aromatic ring is 1. The van der Waals surface area contributed by atoms with Crippen molar-refractivity contribution in [1.29, 1.82) is 0 Å². The van der Waals surface area contributed by atoms with Crippen molar-refractivity contribution < 1.29 is 17.9 Å². The lowest BCUT2D eigenvalue weighted by Crippen LogP contribution is -2.30. The summed E-state index contributed by atoms with van der Waals surface area (Å²) in [5.74, 6) is -0.103. The Morgan fingerprint density at radius 2 is 2.10 bits per heavy atom. The Kier molecular flexibility index (Phi) is 6.09. The normalized spacial score (nSPS) is 11.1. The molecule has 0 fully saturated rings. The number of benzene rings is 1. The summed E-state index contributed by atoms with van der Waals surface area (Å²) in [6.07, 6.45) is 0. The van der Waals surface area contributed by atoms with Gasteiger partial charge in [-0.2, -0.15) is 0 Å². The Morgan fingerprint density at radius 3 is 2.65 bits per heavy atom. The number of amides is 1. The van der Waals surface area contributed by atoms with Gasteiger partial charge in [0, 0.05) is 18.0 Å². The topological polar surface area (TPSA) is 98.5 Å². The van der Waals surface area contributed by atoms with E-state index in [1.54, 1.807) is 12.1 Å². The minimum atomic E-state index is -3.22. The summed E-state index contributed by atoms with van der Waals surface area (Å²) in [7, 11) is -1.74. The van der Waals surface area contributed by atoms with Crippen molar-refractivity contribution in [3.63, 3.8) is 0 Å². The van der Waals surface area contributed by atoms with Crippen molar-refractivity contribution in [1.82, 2.24) is 5.32 Å². The van der Waals surface area contributed by atoms with Crippen LogP contribution in [0.25, 0.3) is 0 Å². The van der Waals surface area contributed by atoms with Crippen LogP contribution >= 0.6 is 11.6 Å². The number of halogens is 1. The highest BCUT2D eigenvalue weighted by Gasteiger charge is 2.12. The molecule has 1 rings (SSSR count). The third-order valence-corrected chi connectivity index (χ3v) is 4.64. The zero-order valence-electron chi connectivity index (χ0n) is 11.1. The highest BCUT2D eigenvalue weighted by molar-refractivity contribution is 7.91. The molecule has 1 amide bonds. The fourth-order valence-corrected chi connectivity index (χ4v) is 3.07. The van der Waals surface area contributed by atoms with Crippen molar-refractivity contribution in [2.24, 2.45) is 0 Å². The zero-order chi connectivity index (χ0) is 15.2. The Bertz CT molecular complexity index is 575. The third kappa shape index (κ3) is 4.90. The van der Waals surface area contributed by atoms with Gasteiger partial charge < -0.3 is 15.8 Å². The number of sulfone groups is 1. The molecule has 0 aliphatic rings. The van der Waals surface area contributed by atoms with Gasteiger partial charge in [-0.15, -0.1) is 11.6 Å². The molecule has 0 heterocycles. The molecular formula is C12H17ClN2O4S. The minimum absolute atomic E-state index is 0.0317. The lowest BCUT2D eigenvalue weighted by molar-refractivity contribution is 0.0956. The highest BCUT2D eigenvalue weighted by Crippen LogP contribution is 2.21. The molecule has 0 spiro atoms. The van der Waals surface area contributed by atoms with Crippen molar-refractivity contribution in [2.45, 2.75) is 0 Å². The van der Waals surface area contributed by atoms with Gasteiger partial charge in [-0.25, -0.2) is 8.42 Å². The van der Waals surface area contributed by atoms with Crippen LogP contribution in [-0.4, -0.2) is 45.4 Å². The van der Waals surface area contributed by atoms with E-state index in [1.807, 2.05) is 0 Å². The fourth-order valence-electron chi connectivity index (χ4n) is 1.52. The Labute approximate surface area is 123 Å². The second-order valence-electron chi connectivity index (χ2n) is 4.05. The summed E-state index contributed by atoms with van der Waals surface area (Å²) in [6, 6.07) is 4.60. The molecule has 3 N–H and O–H groups in total. The monoisotopic (exact) mass is 320 g/mol. The van der Waals surface area contributed by atoms with E-state index in [4.69, 9.17) is 22.1 Å². The van der Waals surface area contributed by atoms with Crippen molar-refractivity contribution >= 4 is 33.0 Å². The molecule has 0 bridgehead atoms. The smallest absolute Gasteiger partial charge is 0.251 e. The Morgan fingerprint density at radius 1 is 1.40 bits per heavy atom. The van der Waals surface area contributed by atoms with Crippen LogP contribution in [-0.2, 0) is 9.84 Å². The first-order valence-corrected chi connectivity index (χ1v) is 8.23. The van der Waals surface area contributed by atoms with Crippen LogP contribution in [0.5, 0.6) is 5.75 Å². The number of nitrogens with two attached hydrogens (primary N) is 1. The Balaban J connectivity index is 2.58. The van der Waals surface area contributed by atoms with E-state index in [1.165, 1.54) is 13.2 Å². The van der Waals surface area contributed by atoms with E-state index in [0.717, 1.165) is 0 Å².